The monoisotopic (exact) mass is 145 g/mol. The van der Waals surface area contributed by atoms with Crippen LogP contribution in [0.25, 0.3) is 6.08 Å². The maximum Gasteiger partial charge on any atom is 0.0269 e. The maximum absolute atomic E-state index is 3.96. The molecule has 1 nitrogen and oxygen atoms in total. The molecule has 0 aliphatic carbocycles. The Hall–Kier alpha value is -1.37. The lowest BCUT2D eigenvalue weighted by Gasteiger charge is -1.87. The molecule has 0 unspecified atom stereocenters. The largest absolute Gasteiger partial charge is 0.269 e. The minimum absolute atomic E-state index is 1.18. The van der Waals surface area contributed by atoms with E-state index in [9.17, 15) is 0 Å². The molecule has 11 heavy (non-hydrogen) atoms. The second-order valence-electron chi connectivity index (χ2n) is 2.13. The van der Waals surface area contributed by atoms with Gasteiger partial charge in [-0.3, -0.25) is 4.99 Å². The van der Waals surface area contributed by atoms with Gasteiger partial charge in [0.25, 0.3) is 0 Å². The Morgan fingerprint density at radius 3 is 2.55 bits per heavy atom. The summed E-state index contributed by atoms with van der Waals surface area (Å²) in [7, 11) is 0. The highest BCUT2D eigenvalue weighted by atomic mass is 14.6. The van der Waals surface area contributed by atoms with Gasteiger partial charge in [0.1, 0.15) is 0 Å². The second kappa shape index (κ2) is 4.45. The fraction of sp³-hybridized carbons (Fsp3) is 0.100. The highest BCUT2D eigenvalue weighted by Crippen LogP contribution is 2.00. The van der Waals surface area contributed by atoms with Gasteiger partial charge in [-0.05, 0) is 18.6 Å². The third kappa shape index (κ3) is 2.80. The van der Waals surface area contributed by atoms with E-state index in [-0.39, 0.29) is 0 Å². The lowest BCUT2D eigenvalue weighted by Crippen LogP contribution is -1.66. The van der Waals surface area contributed by atoms with Crippen molar-refractivity contribution in [1.29, 1.82) is 0 Å². The molecule has 0 aliphatic heterocycles. The Kier molecular flexibility index (Phi) is 3.13. The van der Waals surface area contributed by atoms with E-state index in [2.05, 4.69) is 4.99 Å². The van der Waals surface area contributed by atoms with E-state index in [4.69, 9.17) is 0 Å². The molecule has 0 fully saturated rings. The van der Waals surface area contributed by atoms with Crippen molar-refractivity contribution in [3.63, 3.8) is 0 Å². The highest BCUT2D eigenvalue weighted by Gasteiger charge is 1.78. The Balaban J connectivity index is 2.64. The van der Waals surface area contributed by atoms with Crippen LogP contribution in [0.4, 0.5) is 0 Å². The summed E-state index contributed by atoms with van der Waals surface area (Å²) < 4.78 is 0. The third-order valence-corrected chi connectivity index (χ3v) is 1.30. The first-order valence-electron chi connectivity index (χ1n) is 3.63. The minimum Gasteiger partial charge on any atom is -0.269 e. The van der Waals surface area contributed by atoms with E-state index >= 15 is 0 Å². The van der Waals surface area contributed by atoms with Crippen molar-refractivity contribution in [1.82, 2.24) is 0 Å². The highest BCUT2D eigenvalue weighted by molar-refractivity contribution is 5.57. The Morgan fingerprint density at radius 2 is 1.91 bits per heavy atom. The third-order valence-electron chi connectivity index (χ3n) is 1.30. The first kappa shape index (κ1) is 7.73. The van der Waals surface area contributed by atoms with Gasteiger partial charge in [0, 0.05) is 12.4 Å². The number of hydrogen-bond acceptors (Lipinski definition) is 1. The number of rotatable bonds is 2. The first-order chi connectivity index (χ1) is 5.43. The van der Waals surface area contributed by atoms with E-state index in [0.717, 1.165) is 0 Å². The van der Waals surface area contributed by atoms with Crippen LogP contribution in [0, 0.1) is 0 Å². The number of aliphatic imine (C=N–C) groups is 1. The lowest BCUT2D eigenvalue weighted by molar-refractivity contribution is 1.58. The van der Waals surface area contributed by atoms with Crippen LogP contribution in [-0.2, 0) is 0 Å². The van der Waals surface area contributed by atoms with Crippen LogP contribution < -0.4 is 0 Å². The lowest BCUT2D eigenvalue weighted by atomic mass is 10.2. The minimum atomic E-state index is 1.18. The second-order valence-corrected chi connectivity index (χ2v) is 2.13. The molecule has 0 radical (unpaired) electrons. The predicted octanol–water partition coefficient (Wildman–Crippen LogP) is 2.75. The molecule has 56 valence electrons. The maximum atomic E-state index is 3.96. The van der Waals surface area contributed by atoms with Gasteiger partial charge in [-0.25, -0.2) is 0 Å². The summed E-state index contributed by atoms with van der Waals surface area (Å²) in [5.74, 6) is 0. The van der Waals surface area contributed by atoms with E-state index in [1.165, 1.54) is 5.56 Å². The van der Waals surface area contributed by atoms with Crippen LogP contribution in [0.1, 0.15) is 12.5 Å². The van der Waals surface area contributed by atoms with E-state index in [1.807, 2.05) is 43.3 Å². The van der Waals surface area contributed by atoms with Gasteiger partial charge in [-0.15, -0.1) is 0 Å². The number of nitrogens with zero attached hydrogens (tertiary/aromatic N) is 1. The van der Waals surface area contributed by atoms with Gasteiger partial charge >= 0.3 is 0 Å². The average Bonchev–Trinajstić information content (AvgIpc) is 2.07. The topological polar surface area (TPSA) is 12.4 Å². The summed E-state index contributed by atoms with van der Waals surface area (Å²) in [6.45, 7) is 1.90. The SMILES string of the molecule is C/C=N\C=C/c1ccccc1. The van der Waals surface area contributed by atoms with Crippen molar-refractivity contribution >= 4 is 12.3 Å². The molecular formula is C10H11N. The molecule has 0 amide bonds. The quantitative estimate of drug-likeness (QED) is 0.567. The van der Waals surface area contributed by atoms with E-state index in [1.54, 1.807) is 12.4 Å². The van der Waals surface area contributed by atoms with Gasteiger partial charge in [0.15, 0.2) is 0 Å². The summed E-state index contributed by atoms with van der Waals surface area (Å²) >= 11 is 0. The van der Waals surface area contributed by atoms with Crippen molar-refractivity contribution in [3.8, 4) is 0 Å². The molecule has 0 N–H and O–H groups in total. The summed E-state index contributed by atoms with van der Waals surface area (Å²) in [5, 5.41) is 0. The Bertz CT molecular complexity index is 247. The first-order valence-corrected chi connectivity index (χ1v) is 3.63. The molecule has 0 spiro atoms. The molecule has 0 aliphatic rings. The van der Waals surface area contributed by atoms with Crippen molar-refractivity contribution < 1.29 is 0 Å². The van der Waals surface area contributed by atoms with Gasteiger partial charge in [-0.2, -0.15) is 0 Å². The van der Waals surface area contributed by atoms with E-state index in [0.29, 0.717) is 0 Å². The molecule has 1 aromatic carbocycles. The summed E-state index contributed by atoms with van der Waals surface area (Å²) in [6, 6.07) is 10.1. The van der Waals surface area contributed by atoms with Gasteiger partial charge in [0.2, 0.25) is 0 Å². The molecule has 1 rings (SSSR count). The molecule has 0 saturated heterocycles. The number of hydrogen-bond donors (Lipinski definition) is 0. The van der Waals surface area contributed by atoms with Crippen LogP contribution in [0.3, 0.4) is 0 Å². The fourth-order valence-electron chi connectivity index (χ4n) is 0.779. The normalized spacial score (nSPS) is 11.4. The molecule has 1 heteroatoms. The van der Waals surface area contributed by atoms with Crippen LogP contribution in [0.2, 0.25) is 0 Å². The van der Waals surface area contributed by atoms with Crippen LogP contribution in [0.5, 0.6) is 0 Å². The number of benzene rings is 1. The molecule has 0 atom stereocenters. The predicted molar refractivity (Wildman–Crippen MR) is 49.6 cm³/mol. The standard InChI is InChI=1S/C10H11N/c1-2-11-9-8-10-6-4-3-5-7-10/h2-9H,1H3/b9-8-,11-2-. The van der Waals surface area contributed by atoms with Crippen molar-refractivity contribution in [2.75, 3.05) is 0 Å². The summed E-state index contributed by atoms with van der Waals surface area (Å²) in [5.41, 5.74) is 1.18. The zero-order valence-corrected chi connectivity index (χ0v) is 6.57. The summed E-state index contributed by atoms with van der Waals surface area (Å²) in [6.07, 6.45) is 5.52. The van der Waals surface area contributed by atoms with Gasteiger partial charge in [-0.1, -0.05) is 30.3 Å². The Labute approximate surface area is 67.1 Å². The van der Waals surface area contributed by atoms with Gasteiger partial charge in [0.05, 0.1) is 0 Å². The average molecular weight is 145 g/mol. The zero-order chi connectivity index (χ0) is 7.94. The zero-order valence-electron chi connectivity index (χ0n) is 6.57. The molecule has 1 aromatic rings. The van der Waals surface area contributed by atoms with Crippen LogP contribution in [-0.4, -0.2) is 6.21 Å². The molecule has 0 bridgehead atoms. The fourth-order valence-corrected chi connectivity index (χ4v) is 0.779. The smallest absolute Gasteiger partial charge is 0.0269 e. The summed E-state index contributed by atoms with van der Waals surface area (Å²) in [4.78, 5) is 3.96. The Morgan fingerprint density at radius 1 is 1.18 bits per heavy atom. The molecular weight excluding hydrogens is 134 g/mol. The molecule has 0 saturated carbocycles. The van der Waals surface area contributed by atoms with Crippen molar-refractivity contribution in [3.05, 3.63) is 42.1 Å². The van der Waals surface area contributed by atoms with Crippen LogP contribution >= 0.6 is 0 Å². The van der Waals surface area contributed by atoms with Crippen molar-refractivity contribution in [2.45, 2.75) is 6.92 Å². The molecule has 0 heterocycles. The molecule has 0 aromatic heterocycles. The van der Waals surface area contributed by atoms with Crippen molar-refractivity contribution in [2.24, 2.45) is 4.99 Å². The van der Waals surface area contributed by atoms with E-state index < -0.39 is 0 Å². The van der Waals surface area contributed by atoms with Gasteiger partial charge < -0.3 is 0 Å². The van der Waals surface area contributed by atoms with Crippen LogP contribution in [0.15, 0.2) is 41.5 Å².